The molecule has 0 aromatic heterocycles. The number of rotatable bonds is 6. The lowest BCUT2D eigenvalue weighted by molar-refractivity contribution is 0.256. The molecule has 19 heavy (non-hydrogen) atoms. The molecule has 2 rings (SSSR count). The van der Waals surface area contributed by atoms with Crippen LogP contribution in [-0.4, -0.2) is 37.0 Å². The molecule has 1 aromatic carbocycles. The molecule has 0 aliphatic carbocycles. The third-order valence-electron chi connectivity index (χ3n) is 3.32. The van der Waals surface area contributed by atoms with E-state index in [4.69, 9.17) is 15.9 Å². The summed E-state index contributed by atoms with van der Waals surface area (Å²) in [6.07, 6.45) is 3.46. The van der Waals surface area contributed by atoms with Crippen LogP contribution in [-0.2, 0) is 0 Å². The maximum Gasteiger partial charge on any atom is 0.165 e. The van der Waals surface area contributed by atoms with Crippen molar-refractivity contribution in [2.45, 2.75) is 19.3 Å². The minimum atomic E-state index is -0.464. The van der Waals surface area contributed by atoms with Gasteiger partial charge in [0.05, 0.1) is 6.61 Å². The first-order chi connectivity index (χ1) is 9.16. The molecule has 3 N–H and O–H groups in total. The summed E-state index contributed by atoms with van der Waals surface area (Å²) in [6.45, 7) is 3.85. The van der Waals surface area contributed by atoms with Crippen LogP contribution in [0.25, 0.3) is 0 Å². The van der Waals surface area contributed by atoms with Crippen LogP contribution in [0.15, 0.2) is 18.2 Å². The Hall–Kier alpha value is -1.62. The summed E-state index contributed by atoms with van der Waals surface area (Å²) in [5.74, 6) is -0.375. The molecule has 1 heterocycles. The summed E-state index contributed by atoms with van der Waals surface area (Å²) in [5.41, 5.74) is 5.67. The number of amidine groups is 1. The zero-order chi connectivity index (χ0) is 13.7. The molecule has 0 atom stereocenters. The second-order valence-corrected chi connectivity index (χ2v) is 4.81. The van der Waals surface area contributed by atoms with E-state index in [0.717, 1.165) is 13.0 Å². The summed E-state index contributed by atoms with van der Waals surface area (Å²) in [6, 6.07) is 4.36. The average molecular weight is 265 g/mol. The number of nitrogens with two attached hydrogens (primary N) is 1. The fraction of sp³-hybridized carbons (Fsp3) is 0.500. The van der Waals surface area contributed by atoms with Crippen molar-refractivity contribution < 1.29 is 9.13 Å². The van der Waals surface area contributed by atoms with E-state index in [-0.39, 0.29) is 11.6 Å². The topological polar surface area (TPSA) is 62.3 Å². The zero-order valence-electron chi connectivity index (χ0n) is 11.0. The Morgan fingerprint density at radius 1 is 1.37 bits per heavy atom. The van der Waals surface area contributed by atoms with Crippen LogP contribution in [0.5, 0.6) is 5.75 Å². The van der Waals surface area contributed by atoms with Crippen LogP contribution in [0.4, 0.5) is 4.39 Å². The number of benzene rings is 1. The quantitative estimate of drug-likeness (QED) is 0.469. The number of nitrogens with one attached hydrogen (secondary N) is 1. The molecule has 104 valence electrons. The van der Waals surface area contributed by atoms with Gasteiger partial charge in [-0.25, -0.2) is 4.39 Å². The average Bonchev–Trinajstić information content (AvgIpc) is 2.89. The number of nitrogens with zero attached hydrogens (tertiary/aromatic N) is 1. The lowest BCUT2D eigenvalue weighted by Crippen LogP contribution is -2.22. The number of likely N-dealkylation sites (tertiary alicyclic amines) is 1. The molecule has 4 nitrogen and oxygen atoms in total. The van der Waals surface area contributed by atoms with Gasteiger partial charge in [-0.3, -0.25) is 5.41 Å². The minimum absolute atomic E-state index is 0.139. The highest BCUT2D eigenvalue weighted by Gasteiger charge is 2.11. The molecular weight excluding hydrogens is 245 g/mol. The highest BCUT2D eigenvalue weighted by Crippen LogP contribution is 2.18. The van der Waals surface area contributed by atoms with E-state index in [1.165, 1.54) is 38.1 Å². The van der Waals surface area contributed by atoms with Crippen LogP contribution in [0.1, 0.15) is 24.8 Å². The minimum Gasteiger partial charge on any atom is -0.490 e. The van der Waals surface area contributed by atoms with Gasteiger partial charge in [0.25, 0.3) is 0 Å². The number of halogens is 1. The molecule has 0 radical (unpaired) electrons. The van der Waals surface area contributed by atoms with Gasteiger partial charge in [-0.2, -0.15) is 0 Å². The lowest BCUT2D eigenvalue weighted by atomic mass is 10.2. The van der Waals surface area contributed by atoms with Crippen LogP contribution in [0.3, 0.4) is 0 Å². The first-order valence-corrected chi connectivity index (χ1v) is 6.66. The smallest absolute Gasteiger partial charge is 0.165 e. The van der Waals surface area contributed by atoms with Gasteiger partial charge in [-0.1, -0.05) is 0 Å². The summed E-state index contributed by atoms with van der Waals surface area (Å²) < 4.78 is 19.1. The molecule has 0 unspecified atom stereocenters. The Kier molecular flexibility index (Phi) is 4.74. The van der Waals surface area contributed by atoms with E-state index in [2.05, 4.69) is 4.90 Å². The largest absolute Gasteiger partial charge is 0.490 e. The molecule has 0 bridgehead atoms. The van der Waals surface area contributed by atoms with Gasteiger partial charge in [-0.15, -0.1) is 0 Å². The van der Waals surface area contributed by atoms with Crippen LogP contribution >= 0.6 is 0 Å². The van der Waals surface area contributed by atoms with Crippen LogP contribution in [0, 0.1) is 11.2 Å². The van der Waals surface area contributed by atoms with E-state index >= 15 is 0 Å². The number of ether oxygens (including phenoxy) is 1. The third-order valence-corrected chi connectivity index (χ3v) is 3.32. The molecule has 1 fully saturated rings. The summed E-state index contributed by atoms with van der Waals surface area (Å²) in [7, 11) is 0. The first kappa shape index (κ1) is 13.8. The third kappa shape index (κ3) is 3.92. The van der Waals surface area contributed by atoms with Crippen molar-refractivity contribution in [1.82, 2.24) is 4.90 Å². The highest BCUT2D eigenvalue weighted by atomic mass is 19.1. The second kappa shape index (κ2) is 6.52. The molecule has 0 saturated carbocycles. The molecule has 1 aliphatic rings. The molecule has 5 heteroatoms. The summed E-state index contributed by atoms with van der Waals surface area (Å²) in [5, 5.41) is 7.23. The molecule has 1 aromatic rings. The Bertz CT molecular complexity index is 444. The Morgan fingerprint density at radius 2 is 2.11 bits per heavy atom. The van der Waals surface area contributed by atoms with Crippen molar-refractivity contribution in [3.8, 4) is 5.75 Å². The zero-order valence-corrected chi connectivity index (χ0v) is 11.0. The number of hydrogen-bond acceptors (Lipinski definition) is 3. The monoisotopic (exact) mass is 265 g/mol. The van der Waals surface area contributed by atoms with Gasteiger partial charge >= 0.3 is 0 Å². The molecule has 1 saturated heterocycles. The van der Waals surface area contributed by atoms with Crippen molar-refractivity contribution in [2.24, 2.45) is 5.73 Å². The Morgan fingerprint density at radius 3 is 2.74 bits per heavy atom. The van der Waals surface area contributed by atoms with Crippen molar-refractivity contribution in [3.63, 3.8) is 0 Å². The van der Waals surface area contributed by atoms with Crippen molar-refractivity contribution in [1.29, 1.82) is 5.41 Å². The van der Waals surface area contributed by atoms with Crippen LogP contribution < -0.4 is 10.5 Å². The molecule has 0 amide bonds. The second-order valence-electron chi connectivity index (χ2n) is 4.81. The highest BCUT2D eigenvalue weighted by molar-refractivity contribution is 5.95. The van der Waals surface area contributed by atoms with E-state index in [9.17, 15) is 4.39 Å². The fourth-order valence-corrected chi connectivity index (χ4v) is 2.26. The van der Waals surface area contributed by atoms with Crippen molar-refractivity contribution >= 4 is 5.84 Å². The lowest BCUT2D eigenvalue weighted by Gasteiger charge is -2.14. The van der Waals surface area contributed by atoms with Gasteiger partial charge in [0.2, 0.25) is 0 Å². The van der Waals surface area contributed by atoms with Crippen molar-refractivity contribution in [2.75, 3.05) is 26.2 Å². The normalized spacial score (nSPS) is 15.6. The van der Waals surface area contributed by atoms with E-state index in [1.54, 1.807) is 6.07 Å². The van der Waals surface area contributed by atoms with E-state index in [0.29, 0.717) is 12.2 Å². The van der Waals surface area contributed by atoms with Crippen LogP contribution in [0.2, 0.25) is 0 Å². The Balaban J connectivity index is 1.77. The number of hydrogen-bond donors (Lipinski definition) is 2. The van der Waals surface area contributed by atoms with Gasteiger partial charge < -0.3 is 15.4 Å². The van der Waals surface area contributed by atoms with Gasteiger partial charge in [-0.05, 0) is 50.6 Å². The van der Waals surface area contributed by atoms with E-state index < -0.39 is 5.82 Å². The SMILES string of the molecule is N=C(N)c1ccc(OCCCN2CCCC2)c(F)c1. The van der Waals surface area contributed by atoms with E-state index in [1.807, 2.05) is 0 Å². The van der Waals surface area contributed by atoms with Gasteiger partial charge in [0.1, 0.15) is 5.84 Å². The van der Waals surface area contributed by atoms with Gasteiger partial charge in [0.15, 0.2) is 11.6 Å². The summed E-state index contributed by atoms with van der Waals surface area (Å²) in [4.78, 5) is 2.40. The van der Waals surface area contributed by atoms with Gasteiger partial charge in [0, 0.05) is 12.1 Å². The predicted octanol–water partition coefficient (Wildman–Crippen LogP) is 1.97. The maximum absolute atomic E-state index is 13.7. The molecule has 1 aliphatic heterocycles. The summed E-state index contributed by atoms with van der Waals surface area (Å²) >= 11 is 0. The predicted molar refractivity (Wildman–Crippen MR) is 73.2 cm³/mol. The Labute approximate surface area is 112 Å². The maximum atomic E-state index is 13.7. The first-order valence-electron chi connectivity index (χ1n) is 6.66. The molecule has 0 spiro atoms. The number of nitrogen functional groups attached to an aromatic ring is 1. The molecular formula is C14H20FN3O. The standard InChI is InChI=1S/C14H20FN3O/c15-12-10-11(14(16)17)4-5-13(12)19-9-3-8-18-6-1-2-7-18/h4-5,10H,1-3,6-9H2,(H3,16,17). The fourth-order valence-electron chi connectivity index (χ4n) is 2.26. The van der Waals surface area contributed by atoms with Crippen molar-refractivity contribution in [3.05, 3.63) is 29.6 Å².